The van der Waals surface area contributed by atoms with E-state index < -0.39 is 0 Å². The minimum Gasteiger partial charge on any atom is -0.496 e. The van der Waals surface area contributed by atoms with Gasteiger partial charge < -0.3 is 9.84 Å². The highest BCUT2D eigenvalue weighted by atomic mass is 16.5. The Morgan fingerprint density at radius 2 is 2.15 bits per heavy atom. The third-order valence-electron chi connectivity index (χ3n) is 3.24. The summed E-state index contributed by atoms with van der Waals surface area (Å²) in [6.45, 7) is 4.71. The van der Waals surface area contributed by atoms with Gasteiger partial charge in [0, 0.05) is 30.1 Å². The van der Waals surface area contributed by atoms with E-state index in [1.807, 2.05) is 26.2 Å². The number of nitrogens with zero attached hydrogens (tertiary/aromatic N) is 4. The minimum absolute atomic E-state index is 0.169. The number of hydrogen-bond acceptors (Lipinski definition) is 5. The van der Waals surface area contributed by atoms with Crippen molar-refractivity contribution in [3.8, 4) is 5.75 Å². The second-order valence-electron chi connectivity index (χ2n) is 4.78. The lowest BCUT2D eigenvalue weighted by Gasteiger charge is -2.11. The maximum atomic E-state index is 8.81. The zero-order valence-electron chi connectivity index (χ0n) is 12.1. The van der Waals surface area contributed by atoms with Gasteiger partial charge in [0.05, 0.1) is 25.0 Å². The number of hydrogen-bond donors (Lipinski definition) is 1. The summed E-state index contributed by atoms with van der Waals surface area (Å²) in [5.41, 5.74) is 3.86. The highest BCUT2D eigenvalue weighted by Gasteiger charge is 2.10. The minimum atomic E-state index is 0.169. The van der Waals surface area contributed by atoms with Gasteiger partial charge in [-0.2, -0.15) is 0 Å². The lowest BCUT2D eigenvalue weighted by molar-refractivity contribution is 0.288. The monoisotopic (exact) mass is 276 g/mol. The predicted octanol–water partition coefficient (Wildman–Crippen LogP) is 1.27. The maximum absolute atomic E-state index is 8.81. The van der Waals surface area contributed by atoms with Gasteiger partial charge in [-0.3, -0.25) is 4.98 Å². The molecule has 6 nitrogen and oxygen atoms in total. The van der Waals surface area contributed by atoms with E-state index in [1.165, 1.54) is 0 Å². The van der Waals surface area contributed by atoms with Crippen molar-refractivity contribution in [3.05, 3.63) is 34.9 Å². The van der Waals surface area contributed by atoms with E-state index in [0.717, 1.165) is 34.7 Å². The molecule has 0 saturated heterocycles. The fourth-order valence-electron chi connectivity index (χ4n) is 2.17. The second kappa shape index (κ2) is 6.47. The van der Waals surface area contributed by atoms with E-state index in [4.69, 9.17) is 9.84 Å². The molecule has 0 aliphatic rings. The summed E-state index contributed by atoms with van der Waals surface area (Å²) < 4.78 is 7.16. The van der Waals surface area contributed by atoms with Crippen molar-refractivity contribution < 1.29 is 9.84 Å². The molecule has 20 heavy (non-hydrogen) atoms. The first-order valence-electron chi connectivity index (χ1n) is 6.64. The molecule has 2 aromatic rings. The SMILES string of the molecule is COc1c(C)cnc(Cn2cc(CCCO)nn2)c1C. The van der Waals surface area contributed by atoms with Crippen LogP contribution in [0.3, 0.4) is 0 Å². The summed E-state index contributed by atoms with van der Waals surface area (Å²) in [7, 11) is 1.67. The Hall–Kier alpha value is -1.95. The van der Waals surface area contributed by atoms with Gasteiger partial charge in [0.15, 0.2) is 0 Å². The largest absolute Gasteiger partial charge is 0.496 e. The van der Waals surface area contributed by atoms with Crippen molar-refractivity contribution >= 4 is 0 Å². The summed E-state index contributed by atoms with van der Waals surface area (Å²) >= 11 is 0. The zero-order valence-corrected chi connectivity index (χ0v) is 12.1. The van der Waals surface area contributed by atoms with Crippen molar-refractivity contribution in [2.45, 2.75) is 33.2 Å². The number of rotatable bonds is 6. The highest BCUT2D eigenvalue weighted by molar-refractivity contribution is 5.41. The van der Waals surface area contributed by atoms with Gasteiger partial charge in [-0.1, -0.05) is 5.21 Å². The van der Waals surface area contributed by atoms with Crippen LogP contribution < -0.4 is 4.74 Å². The van der Waals surface area contributed by atoms with Gasteiger partial charge in [-0.05, 0) is 26.7 Å². The lowest BCUT2D eigenvalue weighted by atomic mass is 10.1. The van der Waals surface area contributed by atoms with Gasteiger partial charge in [-0.15, -0.1) is 5.10 Å². The molecule has 0 fully saturated rings. The molecule has 0 aliphatic carbocycles. The number of ether oxygens (including phenoxy) is 1. The maximum Gasteiger partial charge on any atom is 0.128 e. The van der Waals surface area contributed by atoms with Crippen molar-refractivity contribution in [1.29, 1.82) is 0 Å². The van der Waals surface area contributed by atoms with Crippen molar-refractivity contribution in [2.24, 2.45) is 0 Å². The van der Waals surface area contributed by atoms with Crippen LogP contribution >= 0.6 is 0 Å². The lowest BCUT2D eigenvalue weighted by Crippen LogP contribution is -2.06. The number of aliphatic hydroxyl groups excluding tert-OH is 1. The van der Waals surface area contributed by atoms with Crippen LogP contribution in [0.5, 0.6) is 5.75 Å². The molecule has 2 aromatic heterocycles. The molecule has 2 rings (SSSR count). The van der Waals surface area contributed by atoms with E-state index in [1.54, 1.807) is 11.8 Å². The molecule has 0 atom stereocenters. The topological polar surface area (TPSA) is 73.1 Å². The van der Waals surface area contributed by atoms with Gasteiger partial charge in [0.25, 0.3) is 0 Å². The standard InChI is InChI=1S/C14H20N4O2/c1-10-7-15-13(11(2)14(10)20-3)9-18-8-12(16-17-18)5-4-6-19/h7-8,19H,4-6,9H2,1-3H3. The first-order valence-corrected chi connectivity index (χ1v) is 6.64. The van der Waals surface area contributed by atoms with Crippen molar-refractivity contribution in [1.82, 2.24) is 20.0 Å². The molecule has 0 spiro atoms. The van der Waals surface area contributed by atoms with Crippen LogP contribution in [0.1, 0.15) is 28.9 Å². The molecule has 2 heterocycles. The molecule has 108 valence electrons. The number of methoxy groups -OCH3 is 1. The smallest absolute Gasteiger partial charge is 0.128 e. The van der Waals surface area contributed by atoms with Gasteiger partial charge in [-0.25, -0.2) is 4.68 Å². The van der Waals surface area contributed by atoms with Crippen LogP contribution in [0.25, 0.3) is 0 Å². The van der Waals surface area contributed by atoms with E-state index in [0.29, 0.717) is 13.0 Å². The Labute approximate surface area is 118 Å². The van der Waals surface area contributed by atoms with Crippen LogP contribution in [-0.4, -0.2) is 38.8 Å². The third-order valence-corrected chi connectivity index (χ3v) is 3.24. The summed E-state index contributed by atoms with van der Waals surface area (Å²) in [5, 5.41) is 17.0. The molecule has 0 saturated carbocycles. The van der Waals surface area contributed by atoms with Crippen LogP contribution in [0.15, 0.2) is 12.4 Å². The number of aromatic nitrogens is 4. The van der Waals surface area contributed by atoms with Crippen LogP contribution in [0, 0.1) is 13.8 Å². The second-order valence-corrected chi connectivity index (χ2v) is 4.78. The van der Waals surface area contributed by atoms with Crippen LogP contribution in [0.2, 0.25) is 0 Å². The summed E-state index contributed by atoms with van der Waals surface area (Å²) in [5.74, 6) is 0.871. The summed E-state index contributed by atoms with van der Waals surface area (Å²) in [6.07, 6.45) is 5.14. The molecule has 1 N–H and O–H groups in total. The van der Waals surface area contributed by atoms with Crippen LogP contribution in [-0.2, 0) is 13.0 Å². The Morgan fingerprint density at radius 3 is 2.85 bits per heavy atom. The normalized spacial score (nSPS) is 10.8. The first-order chi connectivity index (χ1) is 9.65. The third kappa shape index (κ3) is 3.14. The van der Waals surface area contributed by atoms with E-state index >= 15 is 0 Å². The average molecular weight is 276 g/mol. The van der Waals surface area contributed by atoms with Gasteiger partial charge >= 0.3 is 0 Å². The molecule has 6 heteroatoms. The molecule has 0 amide bonds. The quantitative estimate of drug-likeness (QED) is 0.860. The fourth-order valence-corrected chi connectivity index (χ4v) is 2.17. The predicted molar refractivity (Wildman–Crippen MR) is 74.8 cm³/mol. The fraction of sp³-hybridized carbons (Fsp3) is 0.500. The van der Waals surface area contributed by atoms with Gasteiger partial charge in [0.2, 0.25) is 0 Å². The Balaban J connectivity index is 2.15. The van der Waals surface area contributed by atoms with Crippen LogP contribution in [0.4, 0.5) is 0 Å². The van der Waals surface area contributed by atoms with Gasteiger partial charge in [0.1, 0.15) is 5.75 Å². The molecule has 0 unspecified atom stereocenters. The number of pyridine rings is 1. The van der Waals surface area contributed by atoms with E-state index in [-0.39, 0.29) is 6.61 Å². The average Bonchev–Trinajstić information content (AvgIpc) is 2.88. The zero-order chi connectivity index (χ0) is 14.5. The molecule has 0 radical (unpaired) electrons. The molecule has 0 aromatic carbocycles. The molecule has 0 aliphatic heterocycles. The summed E-state index contributed by atoms with van der Waals surface area (Å²) in [6, 6.07) is 0. The molecule has 0 bridgehead atoms. The number of aryl methyl sites for hydroxylation is 2. The Bertz CT molecular complexity index is 581. The Kier molecular flexibility index (Phi) is 4.68. The van der Waals surface area contributed by atoms with E-state index in [2.05, 4.69) is 15.3 Å². The molecular weight excluding hydrogens is 256 g/mol. The molecular formula is C14H20N4O2. The summed E-state index contributed by atoms with van der Waals surface area (Å²) in [4.78, 5) is 4.44. The highest BCUT2D eigenvalue weighted by Crippen LogP contribution is 2.24. The Morgan fingerprint density at radius 1 is 1.35 bits per heavy atom. The number of aliphatic hydroxyl groups is 1. The van der Waals surface area contributed by atoms with E-state index in [9.17, 15) is 0 Å². The van der Waals surface area contributed by atoms with Crippen molar-refractivity contribution in [3.63, 3.8) is 0 Å². The first kappa shape index (κ1) is 14.5. The van der Waals surface area contributed by atoms with Crippen molar-refractivity contribution in [2.75, 3.05) is 13.7 Å².